The number of carbonyl (C=O) groups is 2. The number of amides is 2. The molecule has 0 atom stereocenters. The highest BCUT2D eigenvalue weighted by Crippen LogP contribution is 2.35. The first-order chi connectivity index (χ1) is 14.2. The number of likely N-dealkylation sites (N-methyl/N-ethyl adjacent to an activating group) is 1. The fraction of sp³-hybridized carbons (Fsp3) is 0.174. The van der Waals surface area contributed by atoms with Crippen LogP contribution in [0.3, 0.4) is 0 Å². The minimum absolute atomic E-state index is 0.215. The molecule has 1 aromatic carbocycles. The molecule has 29 heavy (non-hydrogen) atoms. The number of hydrogen-bond acceptors (Lipinski definition) is 5. The molecule has 0 saturated heterocycles. The number of rotatable bonds is 7. The van der Waals surface area contributed by atoms with Crippen molar-refractivity contribution in [3.8, 4) is 0 Å². The van der Waals surface area contributed by atoms with Crippen LogP contribution in [0.25, 0.3) is 5.57 Å². The zero-order chi connectivity index (χ0) is 20.2. The molecule has 0 N–H and O–H groups in total. The van der Waals surface area contributed by atoms with Gasteiger partial charge in [-0.3, -0.25) is 19.5 Å². The van der Waals surface area contributed by atoms with Crippen LogP contribution >= 0.6 is 11.3 Å². The summed E-state index contributed by atoms with van der Waals surface area (Å²) in [5.41, 5.74) is 2.89. The molecule has 2 amide bonds. The van der Waals surface area contributed by atoms with Crippen molar-refractivity contribution in [3.05, 3.63) is 94.1 Å². The average Bonchev–Trinajstić information content (AvgIpc) is 3.36. The Morgan fingerprint density at radius 1 is 0.966 bits per heavy atom. The summed E-state index contributed by atoms with van der Waals surface area (Å²) in [5.74, 6) is -0.497. The fourth-order valence-corrected chi connectivity index (χ4v) is 4.23. The normalized spacial score (nSPS) is 14.0. The first-order valence-electron chi connectivity index (χ1n) is 9.51. The lowest BCUT2D eigenvalue weighted by atomic mass is 10.1. The third kappa shape index (κ3) is 3.84. The van der Waals surface area contributed by atoms with Crippen molar-refractivity contribution < 1.29 is 9.59 Å². The molecule has 6 heteroatoms. The van der Waals surface area contributed by atoms with E-state index in [-0.39, 0.29) is 18.4 Å². The van der Waals surface area contributed by atoms with Crippen LogP contribution < -0.4 is 0 Å². The van der Waals surface area contributed by atoms with Gasteiger partial charge in [0, 0.05) is 30.4 Å². The topological polar surface area (TPSA) is 53.5 Å². The van der Waals surface area contributed by atoms with Crippen molar-refractivity contribution >= 4 is 28.7 Å². The third-order valence-electron chi connectivity index (χ3n) is 4.89. The second-order valence-corrected chi connectivity index (χ2v) is 7.71. The molecular weight excluding hydrogens is 382 g/mol. The first-order valence-corrected chi connectivity index (χ1v) is 10.4. The van der Waals surface area contributed by atoms with Gasteiger partial charge in [0.15, 0.2) is 0 Å². The summed E-state index contributed by atoms with van der Waals surface area (Å²) in [4.78, 5) is 35.0. The lowest BCUT2D eigenvalue weighted by Crippen LogP contribution is -2.34. The Hall–Kier alpha value is -3.25. The summed E-state index contributed by atoms with van der Waals surface area (Å²) < 4.78 is 0. The van der Waals surface area contributed by atoms with Crippen LogP contribution in [0, 0.1) is 0 Å². The second-order valence-electron chi connectivity index (χ2n) is 6.76. The summed E-state index contributed by atoms with van der Waals surface area (Å²) in [6, 6.07) is 17.5. The molecular formula is C23H21N3O2S. The molecule has 0 unspecified atom stereocenters. The van der Waals surface area contributed by atoms with E-state index in [4.69, 9.17) is 0 Å². The van der Waals surface area contributed by atoms with Gasteiger partial charge in [0.25, 0.3) is 11.8 Å². The van der Waals surface area contributed by atoms with Crippen LogP contribution in [0.5, 0.6) is 0 Å². The van der Waals surface area contributed by atoms with E-state index in [0.29, 0.717) is 24.4 Å². The number of benzene rings is 1. The van der Waals surface area contributed by atoms with E-state index in [0.717, 1.165) is 16.0 Å². The number of aromatic nitrogens is 1. The highest BCUT2D eigenvalue weighted by atomic mass is 32.1. The zero-order valence-electron chi connectivity index (χ0n) is 16.1. The van der Waals surface area contributed by atoms with Gasteiger partial charge in [0.1, 0.15) is 5.70 Å². The van der Waals surface area contributed by atoms with Crippen molar-refractivity contribution in [1.82, 2.24) is 14.8 Å². The molecule has 3 heterocycles. The highest BCUT2D eigenvalue weighted by Gasteiger charge is 2.41. The van der Waals surface area contributed by atoms with Crippen molar-refractivity contribution in [2.45, 2.75) is 20.0 Å². The van der Waals surface area contributed by atoms with Crippen LogP contribution in [0.4, 0.5) is 0 Å². The Labute approximate surface area is 173 Å². The molecule has 1 aliphatic rings. The number of nitrogens with zero attached hydrogens (tertiary/aromatic N) is 3. The van der Waals surface area contributed by atoms with E-state index < -0.39 is 0 Å². The van der Waals surface area contributed by atoms with Crippen LogP contribution in [-0.2, 0) is 22.7 Å². The van der Waals surface area contributed by atoms with Crippen LogP contribution in [0.15, 0.2) is 78.1 Å². The van der Waals surface area contributed by atoms with Crippen LogP contribution in [0.1, 0.15) is 22.9 Å². The van der Waals surface area contributed by atoms with Gasteiger partial charge >= 0.3 is 0 Å². The lowest BCUT2D eigenvalue weighted by Gasteiger charge is -2.24. The quantitative estimate of drug-likeness (QED) is 0.561. The predicted octanol–water partition coefficient (Wildman–Crippen LogP) is 3.95. The summed E-state index contributed by atoms with van der Waals surface area (Å²) >= 11 is 1.48. The summed E-state index contributed by atoms with van der Waals surface area (Å²) in [7, 11) is 0. The average molecular weight is 404 g/mol. The second kappa shape index (κ2) is 8.41. The molecule has 1 aliphatic heterocycles. The van der Waals surface area contributed by atoms with Crippen molar-refractivity contribution in [1.29, 1.82) is 0 Å². The van der Waals surface area contributed by atoms with E-state index in [1.54, 1.807) is 12.4 Å². The van der Waals surface area contributed by atoms with Gasteiger partial charge in [0.05, 0.1) is 12.1 Å². The zero-order valence-corrected chi connectivity index (χ0v) is 16.9. The maximum Gasteiger partial charge on any atom is 0.278 e. The molecule has 0 saturated carbocycles. The molecule has 0 aliphatic carbocycles. The van der Waals surface area contributed by atoms with Crippen LogP contribution in [0.2, 0.25) is 0 Å². The van der Waals surface area contributed by atoms with E-state index >= 15 is 0 Å². The van der Waals surface area contributed by atoms with Gasteiger partial charge in [-0.05, 0) is 35.6 Å². The number of thiophene rings is 1. The monoisotopic (exact) mass is 403 g/mol. The van der Waals surface area contributed by atoms with Gasteiger partial charge in [-0.25, -0.2) is 0 Å². The largest absolute Gasteiger partial charge is 0.362 e. The third-order valence-corrected chi connectivity index (χ3v) is 5.78. The van der Waals surface area contributed by atoms with E-state index in [9.17, 15) is 9.59 Å². The standard InChI is InChI=1S/C23H21N3O2S/c1-2-25(15-17-8-4-3-5-9-17)21-20(19-11-7-13-29-19)22(27)26(23(21)28)16-18-10-6-12-24-14-18/h3-14H,2,15-16H2,1H3. The van der Waals surface area contributed by atoms with E-state index in [2.05, 4.69) is 4.98 Å². The van der Waals surface area contributed by atoms with Crippen molar-refractivity contribution in [2.24, 2.45) is 0 Å². The molecule has 2 aromatic heterocycles. The van der Waals surface area contributed by atoms with Gasteiger partial charge in [-0.2, -0.15) is 0 Å². The number of imide groups is 1. The van der Waals surface area contributed by atoms with E-state index in [1.165, 1.54) is 16.2 Å². The van der Waals surface area contributed by atoms with E-state index in [1.807, 2.05) is 71.8 Å². The Morgan fingerprint density at radius 3 is 2.41 bits per heavy atom. The number of pyridine rings is 1. The Kier molecular flexibility index (Phi) is 5.53. The molecule has 3 aromatic rings. The van der Waals surface area contributed by atoms with Crippen molar-refractivity contribution in [2.75, 3.05) is 6.54 Å². The lowest BCUT2D eigenvalue weighted by molar-refractivity contribution is -0.138. The molecule has 5 nitrogen and oxygen atoms in total. The van der Waals surface area contributed by atoms with Gasteiger partial charge in [-0.1, -0.05) is 42.5 Å². The Balaban J connectivity index is 1.72. The SMILES string of the molecule is CCN(Cc1ccccc1)C1=C(c2cccs2)C(=O)N(Cc2cccnc2)C1=O. The Bertz CT molecular complexity index is 1030. The van der Waals surface area contributed by atoms with Gasteiger partial charge < -0.3 is 4.90 Å². The first kappa shape index (κ1) is 19.1. The maximum atomic E-state index is 13.4. The number of hydrogen-bond donors (Lipinski definition) is 0. The van der Waals surface area contributed by atoms with Crippen LogP contribution in [-0.4, -0.2) is 33.1 Å². The molecule has 0 bridgehead atoms. The summed E-state index contributed by atoms with van der Waals surface area (Å²) in [6.07, 6.45) is 3.36. The minimum Gasteiger partial charge on any atom is -0.362 e. The molecule has 0 spiro atoms. The van der Waals surface area contributed by atoms with Gasteiger partial charge in [0.2, 0.25) is 0 Å². The fourth-order valence-electron chi connectivity index (χ4n) is 3.47. The highest BCUT2D eigenvalue weighted by molar-refractivity contribution is 7.11. The molecule has 0 fully saturated rings. The maximum absolute atomic E-state index is 13.4. The predicted molar refractivity (Wildman–Crippen MR) is 114 cm³/mol. The van der Waals surface area contributed by atoms with Gasteiger partial charge in [-0.15, -0.1) is 11.3 Å². The summed E-state index contributed by atoms with van der Waals surface area (Å²) in [5, 5.41) is 1.93. The number of carbonyl (C=O) groups excluding carboxylic acids is 2. The minimum atomic E-state index is -0.250. The molecule has 146 valence electrons. The molecule has 4 rings (SSSR count). The molecule has 0 radical (unpaired) electrons. The van der Waals surface area contributed by atoms with Crippen molar-refractivity contribution in [3.63, 3.8) is 0 Å². The Morgan fingerprint density at radius 2 is 1.76 bits per heavy atom. The summed E-state index contributed by atoms with van der Waals surface area (Å²) in [6.45, 7) is 3.41. The smallest absolute Gasteiger partial charge is 0.278 e.